The first-order valence-electron chi connectivity index (χ1n) is 3.36. The van der Waals surface area contributed by atoms with Crippen LogP contribution in [0.25, 0.3) is 0 Å². The van der Waals surface area contributed by atoms with Gasteiger partial charge in [-0.15, -0.1) is 0 Å². The number of hydrogen-bond donors (Lipinski definition) is 2. The molecule has 2 N–H and O–H groups in total. The molecule has 0 aromatic carbocycles. The molecule has 0 aliphatic carbocycles. The van der Waals surface area contributed by atoms with Crippen molar-refractivity contribution in [1.29, 1.82) is 0 Å². The minimum absolute atomic E-state index is 0.517. The predicted octanol–water partition coefficient (Wildman–Crippen LogP) is -0.806. The van der Waals surface area contributed by atoms with E-state index in [1.165, 1.54) is 0 Å². The maximum absolute atomic E-state index is 4.98. The average Bonchev–Trinajstić information content (AvgIpc) is 1.91. The van der Waals surface area contributed by atoms with Crippen LogP contribution in [0.15, 0.2) is 0 Å². The van der Waals surface area contributed by atoms with Crippen LogP contribution in [0.4, 0.5) is 0 Å². The summed E-state index contributed by atoms with van der Waals surface area (Å²) in [5.74, 6) is 0. The van der Waals surface area contributed by atoms with Crippen molar-refractivity contribution in [2.75, 3.05) is 33.4 Å². The number of piperazine rings is 1. The van der Waals surface area contributed by atoms with Gasteiger partial charge in [-0.3, -0.25) is 0 Å². The Kier molecular flexibility index (Phi) is 2.97. The van der Waals surface area contributed by atoms with Crippen LogP contribution >= 0.6 is 0 Å². The summed E-state index contributed by atoms with van der Waals surface area (Å²) in [7, 11) is 1.73. The quantitative estimate of drug-likeness (QED) is 0.513. The summed E-state index contributed by atoms with van der Waals surface area (Å²) in [4.78, 5) is 0. The van der Waals surface area contributed by atoms with Gasteiger partial charge >= 0.3 is 0 Å². The average molecular weight is 130 g/mol. The van der Waals surface area contributed by atoms with Gasteiger partial charge in [-0.2, -0.15) is 0 Å². The number of hydrogen-bond acceptors (Lipinski definition) is 3. The molecule has 0 saturated carbocycles. The molecule has 3 heteroatoms. The third kappa shape index (κ3) is 2.30. The largest absolute Gasteiger partial charge is 0.383 e. The van der Waals surface area contributed by atoms with Gasteiger partial charge in [-0.05, 0) is 0 Å². The molecule has 1 saturated heterocycles. The lowest BCUT2D eigenvalue weighted by Crippen LogP contribution is -2.50. The Morgan fingerprint density at radius 1 is 1.56 bits per heavy atom. The van der Waals surface area contributed by atoms with Crippen molar-refractivity contribution in [3.05, 3.63) is 0 Å². The second kappa shape index (κ2) is 3.82. The van der Waals surface area contributed by atoms with Crippen LogP contribution in [0.1, 0.15) is 0 Å². The molecule has 3 nitrogen and oxygen atoms in total. The highest BCUT2D eigenvalue weighted by Gasteiger charge is 2.09. The second-order valence-electron chi connectivity index (χ2n) is 2.31. The molecule has 9 heavy (non-hydrogen) atoms. The van der Waals surface area contributed by atoms with Gasteiger partial charge in [0.25, 0.3) is 0 Å². The fourth-order valence-corrected chi connectivity index (χ4v) is 1.03. The molecule has 0 aromatic heterocycles. The Balaban J connectivity index is 2.08. The van der Waals surface area contributed by atoms with E-state index in [1.807, 2.05) is 0 Å². The monoisotopic (exact) mass is 130 g/mol. The third-order valence-electron chi connectivity index (χ3n) is 1.49. The topological polar surface area (TPSA) is 33.3 Å². The van der Waals surface area contributed by atoms with E-state index in [-0.39, 0.29) is 0 Å². The Morgan fingerprint density at radius 2 is 2.44 bits per heavy atom. The van der Waals surface area contributed by atoms with Crippen LogP contribution in [-0.4, -0.2) is 39.4 Å². The zero-order valence-electron chi connectivity index (χ0n) is 5.81. The van der Waals surface area contributed by atoms with Crippen molar-refractivity contribution in [3.8, 4) is 0 Å². The molecule has 0 spiro atoms. The first-order chi connectivity index (χ1) is 4.43. The van der Waals surface area contributed by atoms with Crippen LogP contribution in [0.2, 0.25) is 0 Å². The van der Waals surface area contributed by atoms with Gasteiger partial charge < -0.3 is 15.4 Å². The molecule has 1 atom stereocenters. The summed E-state index contributed by atoms with van der Waals surface area (Å²) in [5.41, 5.74) is 0. The molecule has 0 amide bonds. The molecular formula is C6H14N2O. The highest BCUT2D eigenvalue weighted by Crippen LogP contribution is 1.85. The smallest absolute Gasteiger partial charge is 0.0628 e. The normalized spacial score (nSPS) is 28.3. The van der Waals surface area contributed by atoms with Gasteiger partial charge in [0.2, 0.25) is 0 Å². The summed E-state index contributed by atoms with van der Waals surface area (Å²) >= 11 is 0. The van der Waals surface area contributed by atoms with Gasteiger partial charge in [0.1, 0.15) is 0 Å². The van der Waals surface area contributed by atoms with Crippen LogP contribution in [0.5, 0.6) is 0 Å². The second-order valence-corrected chi connectivity index (χ2v) is 2.31. The van der Waals surface area contributed by atoms with E-state index in [0.717, 1.165) is 26.2 Å². The van der Waals surface area contributed by atoms with Gasteiger partial charge in [0, 0.05) is 32.8 Å². The Labute approximate surface area is 55.8 Å². The summed E-state index contributed by atoms with van der Waals surface area (Å²) in [6.07, 6.45) is 0. The van der Waals surface area contributed by atoms with E-state index in [2.05, 4.69) is 10.6 Å². The Hall–Kier alpha value is -0.120. The molecule has 1 aliphatic heterocycles. The van der Waals surface area contributed by atoms with E-state index in [1.54, 1.807) is 7.11 Å². The fourth-order valence-electron chi connectivity index (χ4n) is 1.03. The van der Waals surface area contributed by atoms with Crippen molar-refractivity contribution in [3.63, 3.8) is 0 Å². The zero-order valence-corrected chi connectivity index (χ0v) is 5.81. The summed E-state index contributed by atoms with van der Waals surface area (Å²) in [6, 6.07) is 0.517. The molecule has 54 valence electrons. The van der Waals surface area contributed by atoms with E-state index >= 15 is 0 Å². The summed E-state index contributed by atoms with van der Waals surface area (Å²) in [5, 5.41) is 6.61. The molecule has 1 fully saturated rings. The number of nitrogens with one attached hydrogen (secondary N) is 2. The lowest BCUT2D eigenvalue weighted by atomic mass is 10.2. The number of methoxy groups -OCH3 is 1. The minimum atomic E-state index is 0.517. The molecule has 0 aromatic rings. The molecule has 1 aliphatic rings. The molecule has 0 bridgehead atoms. The Morgan fingerprint density at radius 3 is 3.00 bits per heavy atom. The first kappa shape index (κ1) is 6.99. The van der Waals surface area contributed by atoms with Gasteiger partial charge in [-0.25, -0.2) is 0 Å². The van der Waals surface area contributed by atoms with E-state index in [0.29, 0.717) is 6.04 Å². The first-order valence-corrected chi connectivity index (χ1v) is 3.36. The highest BCUT2D eigenvalue weighted by atomic mass is 16.5. The molecule has 1 heterocycles. The minimum Gasteiger partial charge on any atom is -0.383 e. The maximum atomic E-state index is 4.98. The molecular weight excluding hydrogens is 116 g/mol. The van der Waals surface area contributed by atoms with Crippen molar-refractivity contribution < 1.29 is 4.74 Å². The van der Waals surface area contributed by atoms with Gasteiger partial charge in [0.05, 0.1) is 6.61 Å². The van der Waals surface area contributed by atoms with Crippen LogP contribution in [0.3, 0.4) is 0 Å². The third-order valence-corrected chi connectivity index (χ3v) is 1.49. The van der Waals surface area contributed by atoms with Gasteiger partial charge in [-0.1, -0.05) is 0 Å². The van der Waals surface area contributed by atoms with Crippen LogP contribution in [-0.2, 0) is 4.74 Å². The Bertz CT molecular complexity index is 68.7. The van der Waals surface area contributed by atoms with Crippen molar-refractivity contribution in [2.45, 2.75) is 6.04 Å². The van der Waals surface area contributed by atoms with Gasteiger partial charge in [0.15, 0.2) is 0 Å². The fraction of sp³-hybridized carbons (Fsp3) is 1.00. The molecule has 1 rings (SSSR count). The highest BCUT2D eigenvalue weighted by molar-refractivity contribution is 4.74. The maximum Gasteiger partial charge on any atom is 0.0628 e. The van der Waals surface area contributed by atoms with Crippen molar-refractivity contribution >= 4 is 0 Å². The lowest BCUT2D eigenvalue weighted by molar-refractivity contribution is 0.159. The zero-order chi connectivity index (χ0) is 6.53. The number of rotatable bonds is 2. The summed E-state index contributed by atoms with van der Waals surface area (Å²) in [6.45, 7) is 4.00. The van der Waals surface area contributed by atoms with Crippen LogP contribution in [0, 0.1) is 0 Å². The van der Waals surface area contributed by atoms with E-state index < -0.39 is 0 Å². The standard InChI is InChI=1S/C6H14N2O/c1-9-5-6-4-7-2-3-8-6/h6-8H,2-5H2,1H3/t6-/m0/s1. The number of ether oxygens (including phenoxy) is 1. The predicted molar refractivity (Wildman–Crippen MR) is 36.5 cm³/mol. The molecule has 0 radical (unpaired) electrons. The van der Waals surface area contributed by atoms with Crippen molar-refractivity contribution in [1.82, 2.24) is 10.6 Å². The van der Waals surface area contributed by atoms with Crippen molar-refractivity contribution in [2.24, 2.45) is 0 Å². The lowest BCUT2D eigenvalue weighted by Gasteiger charge is -2.23. The molecule has 0 unspecified atom stereocenters. The summed E-state index contributed by atoms with van der Waals surface area (Å²) < 4.78 is 4.98. The van der Waals surface area contributed by atoms with E-state index in [4.69, 9.17) is 4.74 Å². The SMILES string of the molecule is COC[C@@H]1CNCCN1. The van der Waals surface area contributed by atoms with E-state index in [9.17, 15) is 0 Å². The van der Waals surface area contributed by atoms with Crippen LogP contribution < -0.4 is 10.6 Å².